The van der Waals surface area contributed by atoms with Crippen LogP contribution in [0.25, 0.3) is 0 Å². The molecule has 1 heterocycles. The predicted octanol–water partition coefficient (Wildman–Crippen LogP) is 3.14. The molecule has 10 heteroatoms. The van der Waals surface area contributed by atoms with E-state index in [1.807, 2.05) is 0 Å². The molecule has 7 nitrogen and oxygen atoms in total. The van der Waals surface area contributed by atoms with E-state index in [1.54, 1.807) is 5.48 Å². The molecule has 0 radical (unpaired) electrons. The second kappa shape index (κ2) is 8.66. The van der Waals surface area contributed by atoms with Crippen molar-refractivity contribution in [3.05, 3.63) is 58.9 Å². The van der Waals surface area contributed by atoms with Gasteiger partial charge >= 0.3 is 0 Å². The molecule has 1 fully saturated rings. The SMILES string of the molecule is COc1ccc(S(=O)(=O)N2CCC[C@@H](C(=O)NO)[C@H]2c2ccc(F)cc2Cl)cc1. The van der Waals surface area contributed by atoms with Crippen LogP contribution in [0.1, 0.15) is 24.4 Å². The van der Waals surface area contributed by atoms with Crippen LogP contribution >= 0.6 is 11.6 Å². The molecule has 0 spiro atoms. The summed E-state index contributed by atoms with van der Waals surface area (Å²) < 4.78 is 46.6. The summed E-state index contributed by atoms with van der Waals surface area (Å²) in [4.78, 5) is 12.3. The van der Waals surface area contributed by atoms with Crippen LogP contribution in [0.3, 0.4) is 0 Å². The number of carbonyl (C=O) groups is 1. The van der Waals surface area contributed by atoms with E-state index in [4.69, 9.17) is 21.5 Å². The van der Waals surface area contributed by atoms with Gasteiger partial charge in [-0.25, -0.2) is 18.3 Å². The first-order chi connectivity index (χ1) is 13.8. The minimum absolute atomic E-state index is 0.00238. The first kappa shape index (κ1) is 21.5. The molecule has 1 aliphatic heterocycles. The molecule has 2 atom stereocenters. The Hall–Kier alpha value is -2.20. The number of methoxy groups -OCH3 is 1. The molecule has 3 rings (SSSR count). The fourth-order valence-corrected chi connectivity index (χ4v) is 5.55. The Labute approximate surface area is 173 Å². The second-order valence-electron chi connectivity index (χ2n) is 6.63. The van der Waals surface area contributed by atoms with Crippen molar-refractivity contribution in [2.24, 2.45) is 5.92 Å². The third-order valence-corrected chi connectivity index (χ3v) is 7.20. The summed E-state index contributed by atoms with van der Waals surface area (Å²) >= 11 is 6.20. The summed E-state index contributed by atoms with van der Waals surface area (Å²) in [5.74, 6) is -1.71. The van der Waals surface area contributed by atoms with E-state index in [0.717, 1.165) is 12.1 Å². The number of hydrogen-bond acceptors (Lipinski definition) is 5. The molecular weight excluding hydrogens is 423 g/mol. The first-order valence-corrected chi connectivity index (χ1v) is 10.7. The van der Waals surface area contributed by atoms with Crippen LogP contribution in [-0.4, -0.2) is 37.5 Å². The number of nitrogens with zero attached hydrogens (tertiary/aromatic N) is 1. The number of benzene rings is 2. The van der Waals surface area contributed by atoms with Crippen molar-refractivity contribution in [2.45, 2.75) is 23.8 Å². The summed E-state index contributed by atoms with van der Waals surface area (Å²) in [7, 11) is -2.55. The number of ether oxygens (including phenoxy) is 1. The van der Waals surface area contributed by atoms with Crippen molar-refractivity contribution in [2.75, 3.05) is 13.7 Å². The molecule has 2 aromatic rings. The highest BCUT2D eigenvalue weighted by Crippen LogP contribution is 2.42. The molecule has 2 N–H and O–H groups in total. The van der Waals surface area contributed by atoms with E-state index < -0.39 is 33.7 Å². The van der Waals surface area contributed by atoms with Crippen LogP contribution in [0.4, 0.5) is 4.39 Å². The van der Waals surface area contributed by atoms with E-state index in [2.05, 4.69) is 0 Å². The average molecular weight is 443 g/mol. The van der Waals surface area contributed by atoms with Crippen LogP contribution in [0.5, 0.6) is 5.75 Å². The minimum atomic E-state index is -4.02. The van der Waals surface area contributed by atoms with E-state index in [9.17, 15) is 17.6 Å². The van der Waals surface area contributed by atoms with E-state index in [1.165, 1.54) is 41.7 Å². The molecule has 0 saturated carbocycles. The molecule has 0 aliphatic carbocycles. The minimum Gasteiger partial charge on any atom is -0.497 e. The maximum Gasteiger partial charge on any atom is 0.248 e. The van der Waals surface area contributed by atoms with Gasteiger partial charge in [0.1, 0.15) is 11.6 Å². The van der Waals surface area contributed by atoms with Gasteiger partial charge in [-0.1, -0.05) is 17.7 Å². The molecule has 1 saturated heterocycles. The topological polar surface area (TPSA) is 95.9 Å². The zero-order valence-electron chi connectivity index (χ0n) is 15.5. The Bertz CT molecular complexity index is 1000. The maximum absolute atomic E-state index is 13.6. The van der Waals surface area contributed by atoms with Crippen molar-refractivity contribution in [1.29, 1.82) is 0 Å². The number of piperidine rings is 1. The Morgan fingerprint density at radius 1 is 1.28 bits per heavy atom. The Kier molecular flexibility index (Phi) is 6.42. The largest absolute Gasteiger partial charge is 0.497 e. The lowest BCUT2D eigenvalue weighted by molar-refractivity contribution is -0.136. The van der Waals surface area contributed by atoms with Gasteiger partial charge in [0.05, 0.1) is 24.0 Å². The third kappa shape index (κ3) is 4.23. The number of nitrogens with one attached hydrogen (secondary N) is 1. The summed E-state index contributed by atoms with van der Waals surface area (Å²) in [5, 5.41) is 9.16. The number of hydroxylamine groups is 1. The van der Waals surface area contributed by atoms with Crippen molar-refractivity contribution < 1.29 is 27.5 Å². The zero-order valence-corrected chi connectivity index (χ0v) is 17.1. The van der Waals surface area contributed by atoms with Crippen LogP contribution in [0.15, 0.2) is 47.4 Å². The van der Waals surface area contributed by atoms with Crippen molar-refractivity contribution in [3.8, 4) is 5.75 Å². The number of halogens is 2. The number of hydrogen-bond donors (Lipinski definition) is 2. The van der Waals surface area contributed by atoms with E-state index in [-0.39, 0.29) is 16.5 Å². The molecule has 2 aromatic carbocycles. The van der Waals surface area contributed by atoms with Gasteiger partial charge in [0.15, 0.2) is 0 Å². The lowest BCUT2D eigenvalue weighted by Gasteiger charge is -2.40. The fourth-order valence-electron chi connectivity index (χ4n) is 3.59. The van der Waals surface area contributed by atoms with Gasteiger partial charge in [0, 0.05) is 11.6 Å². The normalized spacial score (nSPS) is 20.3. The van der Waals surface area contributed by atoms with Gasteiger partial charge < -0.3 is 4.74 Å². The average Bonchev–Trinajstić information content (AvgIpc) is 2.72. The molecule has 29 heavy (non-hydrogen) atoms. The lowest BCUT2D eigenvalue weighted by atomic mass is 9.85. The van der Waals surface area contributed by atoms with Gasteiger partial charge in [-0.2, -0.15) is 4.31 Å². The highest BCUT2D eigenvalue weighted by Gasteiger charge is 2.43. The van der Waals surface area contributed by atoms with Crippen molar-refractivity contribution >= 4 is 27.5 Å². The monoisotopic (exact) mass is 442 g/mol. The predicted molar refractivity (Wildman–Crippen MR) is 104 cm³/mol. The highest BCUT2D eigenvalue weighted by atomic mass is 35.5. The van der Waals surface area contributed by atoms with Crippen LogP contribution < -0.4 is 10.2 Å². The van der Waals surface area contributed by atoms with Crippen LogP contribution in [0.2, 0.25) is 5.02 Å². The van der Waals surface area contributed by atoms with Gasteiger partial charge in [0.25, 0.3) is 0 Å². The van der Waals surface area contributed by atoms with Crippen molar-refractivity contribution in [3.63, 3.8) is 0 Å². The summed E-state index contributed by atoms with van der Waals surface area (Å²) in [5.41, 5.74) is 1.89. The fraction of sp³-hybridized carbons (Fsp3) is 0.316. The molecule has 156 valence electrons. The van der Waals surface area contributed by atoms with Crippen LogP contribution in [0, 0.1) is 11.7 Å². The Morgan fingerprint density at radius 3 is 2.55 bits per heavy atom. The number of amides is 1. The van der Waals surface area contributed by atoms with Gasteiger partial charge in [0.2, 0.25) is 15.9 Å². The Morgan fingerprint density at radius 2 is 1.97 bits per heavy atom. The smallest absolute Gasteiger partial charge is 0.248 e. The van der Waals surface area contributed by atoms with Gasteiger partial charge in [-0.15, -0.1) is 0 Å². The van der Waals surface area contributed by atoms with Crippen molar-refractivity contribution in [1.82, 2.24) is 9.79 Å². The zero-order chi connectivity index (χ0) is 21.2. The number of carbonyl (C=O) groups excluding carboxylic acids is 1. The highest BCUT2D eigenvalue weighted by molar-refractivity contribution is 7.89. The quantitative estimate of drug-likeness (QED) is 0.548. The summed E-state index contributed by atoms with van der Waals surface area (Å²) in [6.45, 7) is 0.141. The van der Waals surface area contributed by atoms with Gasteiger partial charge in [-0.3, -0.25) is 10.0 Å². The van der Waals surface area contributed by atoms with E-state index in [0.29, 0.717) is 24.2 Å². The Balaban J connectivity index is 2.11. The molecule has 1 amide bonds. The summed E-state index contributed by atoms with van der Waals surface area (Å²) in [6, 6.07) is 8.45. The summed E-state index contributed by atoms with van der Waals surface area (Å²) in [6.07, 6.45) is 0.738. The number of rotatable bonds is 5. The third-order valence-electron chi connectivity index (χ3n) is 4.98. The van der Waals surface area contributed by atoms with Crippen LogP contribution in [-0.2, 0) is 14.8 Å². The molecular formula is C19H20ClFN2O5S. The standard InChI is InChI=1S/C19H20ClFN2O5S/c1-28-13-5-7-14(8-6-13)29(26,27)23-10-2-3-16(19(24)22-25)18(23)15-9-4-12(21)11-17(15)20/h4-9,11,16,18,25H,2-3,10H2,1H3,(H,22,24)/t16-,18-/m1/s1. The molecule has 0 aromatic heterocycles. The first-order valence-electron chi connectivity index (χ1n) is 8.84. The number of sulfonamides is 1. The van der Waals surface area contributed by atoms with Gasteiger partial charge in [-0.05, 0) is 54.8 Å². The lowest BCUT2D eigenvalue weighted by Crippen LogP contribution is -2.47. The second-order valence-corrected chi connectivity index (χ2v) is 8.92. The molecule has 1 aliphatic rings. The molecule has 0 unspecified atom stereocenters. The van der Waals surface area contributed by atoms with E-state index >= 15 is 0 Å². The maximum atomic E-state index is 13.6. The molecule has 0 bridgehead atoms.